The van der Waals surface area contributed by atoms with E-state index in [0.29, 0.717) is 23.2 Å². The van der Waals surface area contributed by atoms with E-state index in [2.05, 4.69) is 20.5 Å². The van der Waals surface area contributed by atoms with Gasteiger partial charge in [0.05, 0.1) is 22.0 Å². The third-order valence-electron chi connectivity index (χ3n) is 4.12. The number of anilines is 1. The van der Waals surface area contributed by atoms with Crippen molar-refractivity contribution in [2.45, 2.75) is 13.1 Å². The number of aromatic amines is 1. The zero-order valence-corrected chi connectivity index (χ0v) is 16.4. The lowest BCUT2D eigenvalue weighted by Crippen LogP contribution is -2.30. The van der Waals surface area contributed by atoms with Crippen molar-refractivity contribution in [2.75, 3.05) is 5.43 Å². The first-order valence-corrected chi connectivity index (χ1v) is 8.88. The number of pyridine rings is 1. The Balaban J connectivity index is 1.82. The van der Waals surface area contributed by atoms with Crippen molar-refractivity contribution in [1.82, 2.24) is 14.5 Å². The summed E-state index contributed by atoms with van der Waals surface area (Å²) in [6.45, 7) is 1.64. The van der Waals surface area contributed by atoms with E-state index in [1.807, 2.05) is 0 Å². The summed E-state index contributed by atoms with van der Waals surface area (Å²) in [4.78, 5) is 29.2. The number of alkyl halides is 3. The fourth-order valence-electron chi connectivity index (χ4n) is 2.48. The van der Waals surface area contributed by atoms with Crippen molar-refractivity contribution < 1.29 is 13.2 Å². The topological polar surface area (TPSA) is 116 Å². The summed E-state index contributed by atoms with van der Waals surface area (Å²) in [6.07, 6.45) is -2.78. The molecule has 3 rings (SSSR count). The van der Waals surface area contributed by atoms with Crippen LogP contribution in [0.25, 0.3) is 5.69 Å². The molecule has 0 bridgehead atoms. The second-order valence-corrected chi connectivity index (χ2v) is 6.60. The SMILES string of the molecule is CC(=NNc1ncc(C(F)(F)F)cc1Cl)c1ccc(-n2cc(C#N)c(=O)[nH]c2=O)cc1. The molecule has 8 nitrogen and oxygen atoms in total. The minimum atomic E-state index is -4.56. The van der Waals surface area contributed by atoms with Crippen molar-refractivity contribution >= 4 is 23.1 Å². The summed E-state index contributed by atoms with van der Waals surface area (Å²) in [5.41, 5.74) is 1.32. The van der Waals surface area contributed by atoms with Gasteiger partial charge >= 0.3 is 11.9 Å². The average molecular weight is 449 g/mol. The number of nitrogens with zero attached hydrogens (tertiary/aromatic N) is 4. The number of hydrogen-bond acceptors (Lipinski definition) is 6. The fourth-order valence-corrected chi connectivity index (χ4v) is 2.69. The maximum absolute atomic E-state index is 12.7. The number of benzene rings is 1. The molecule has 2 heterocycles. The maximum atomic E-state index is 12.7. The van der Waals surface area contributed by atoms with E-state index in [9.17, 15) is 22.8 Å². The van der Waals surface area contributed by atoms with Gasteiger partial charge in [-0.1, -0.05) is 23.7 Å². The van der Waals surface area contributed by atoms with E-state index in [-0.39, 0.29) is 16.4 Å². The normalized spacial score (nSPS) is 11.8. The highest BCUT2D eigenvalue weighted by atomic mass is 35.5. The number of rotatable bonds is 4. The van der Waals surface area contributed by atoms with E-state index < -0.39 is 23.0 Å². The predicted molar refractivity (Wildman–Crippen MR) is 107 cm³/mol. The number of H-pyrrole nitrogens is 1. The molecule has 0 radical (unpaired) electrons. The number of nitrogens with one attached hydrogen (secondary N) is 2. The predicted octanol–water partition coefficient (Wildman–Crippen LogP) is 3.30. The van der Waals surface area contributed by atoms with E-state index >= 15 is 0 Å². The minimum absolute atomic E-state index is 0.0468. The van der Waals surface area contributed by atoms with Gasteiger partial charge in [0.2, 0.25) is 0 Å². The lowest BCUT2D eigenvalue weighted by molar-refractivity contribution is -0.137. The highest BCUT2D eigenvalue weighted by Gasteiger charge is 2.31. The van der Waals surface area contributed by atoms with E-state index in [0.717, 1.165) is 16.8 Å². The molecule has 0 aliphatic heterocycles. The molecule has 2 aromatic heterocycles. The second kappa shape index (κ2) is 8.45. The molecule has 0 spiro atoms. The lowest BCUT2D eigenvalue weighted by atomic mass is 10.1. The molecule has 0 atom stereocenters. The number of aromatic nitrogens is 3. The highest BCUT2D eigenvalue weighted by Crippen LogP contribution is 2.32. The van der Waals surface area contributed by atoms with Crippen molar-refractivity contribution in [2.24, 2.45) is 5.10 Å². The first-order valence-electron chi connectivity index (χ1n) is 8.50. The van der Waals surface area contributed by atoms with Gasteiger partial charge in [-0.3, -0.25) is 19.8 Å². The highest BCUT2D eigenvalue weighted by molar-refractivity contribution is 6.33. The Bertz CT molecular complexity index is 1320. The van der Waals surface area contributed by atoms with E-state index in [1.165, 1.54) is 0 Å². The smallest absolute Gasteiger partial charge is 0.273 e. The van der Waals surface area contributed by atoms with Crippen LogP contribution in [0.15, 0.2) is 57.4 Å². The van der Waals surface area contributed by atoms with Crippen LogP contribution in [0.1, 0.15) is 23.6 Å². The van der Waals surface area contributed by atoms with Gasteiger partial charge < -0.3 is 0 Å². The molecule has 0 aliphatic rings. The van der Waals surface area contributed by atoms with Gasteiger partial charge in [-0.05, 0) is 30.7 Å². The van der Waals surface area contributed by atoms with Gasteiger partial charge in [0.15, 0.2) is 5.82 Å². The Morgan fingerprint density at radius 1 is 1.29 bits per heavy atom. The Labute approximate surface area is 177 Å². The van der Waals surface area contributed by atoms with Crippen LogP contribution in [0.2, 0.25) is 5.02 Å². The van der Waals surface area contributed by atoms with Crippen LogP contribution in [0.3, 0.4) is 0 Å². The molecule has 158 valence electrons. The summed E-state index contributed by atoms with van der Waals surface area (Å²) in [5, 5.41) is 12.8. The molecule has 12 heteroatoms. The van der Waals surface area contributed by atoms with Crippen molar-refractivity contribution in [3.8, 4) is 11.8 Å². The number of nitriles is 1. The van der Waals surface area contributed by atoms with Gasteiger partial charge in [0.25, 0.3) is 5.56 Å². The third-order valence-corrected chi connectivity index (χ3v) is 4.41. The molecule has 0 saturated carbocycles. The van der Waals surface area contributed by atoms with Gasteiger partial charge in [-0.25, -0.2) is 9.78 Å². The van der Waals surface area contributed by atoms with Crippen molar-refractivity contribution in [1.29, 1.82) is 5.26 Å². The molecule has 31 heavy (non-hydrogen) atoms. The first-order chi connectivity index (χ1) is 14.6. The average Bonchev–Trinajstić information content (AvgIpc) is 2.72. The van der Waals surface area contributed by atoms with E-state index in [4.69, 9.17) is 16.9 Å². The first kappa shape index (κ1) is 21.8. The van der Waals surface area contributed by atoms with Gasteiger partial charge in [0, 0.05) is 12.4 Å². The standard InChI is InChI=1S/C19H12ClF3N6O2/c1-10(27-28-16-15(20)6-13(8-25-16)19(21,22)23)11-2-4-14(5-3-11)29-9-12(7-24)17(30)26-18(29)31/h2-6,8-9H,1H3,(H,25,28)(H,26,30,31). The van der Waals surface area contributed by atoms with Gasteiger partial charge in [0.1, 0.15) is 11.6 Å². The number of hydrazone groups is 1. The second-order valence-electron chi connectivity index (χ2n) is 6.19. The Kier molecular flexibility index (Phi) is 5.94. The summed E-state index contributed by atoms with van der Waals surface area (Å²) in [7, 11) is 0. The zero-order valence-electron chi connectivity index (χ0n) is 15.7. The van der Waals surface area contributed by atoms with Crippen molar-refractivity contribution in [3.63, 3.8) is 0 Å². The number of hydrogen-bond donors (Lipinski definition) is 2. The molecule has 3 aromatic rings. The lowest BCUT2D eigenvalue weighted by Gasteiger charge is -2.09. The fraction of sp³-hybridized carbons (Fsp3) is 0.105. The molecule has 0 saturated heterocycles. The number of halogens is 4. The summed E-state index contributed by atoms with van der Waals surface area (Å²) >= 11 is 5.83. The Morgan fingerprint density at radius 2 is 1.97 bits per heavy atom. The molecule has 1 aromatic carbocycles. The maximum Gasteiger partial charge on any atom is 0.417 e. The largest absolute Gasteiger partial charge is 0.417 e. The Morgan fingerprint density at radius 3 is 2.55 bits per heavy atom. The van der Waals surface area contributed by atoms with Crippen LogP contribution >= 0.6 is 11.6 Å². The monoisotopic (exact) mass is 448 g/mol. The zero-order chi connectivity index (χ0) is 22.8. The van der Waals surface area contributed by atoms with Crippen molar-refractivity contribution in [3.05, 3.63) is 85.3 Å². The molecular weight excluding hydrogens is 437 g/mol. The molecule has 0 unspecified atom stereocenters. The van der Waals surface area contributed by atoms with Crippen LogP contribution in [0, 0.1) is 11.3 Å². The van der Waals surface area contributed by atoms with Gasteiger partial charge in [-0.15, -0.1) is 0 Å². The van der Waals surface area contributed by atoms with Crippen LogP contribution in [0.5, 0.6) is 0 Å². The molecular formula is C19H12ClF3N6O2. The summed E-state index contributed by atoms with van der Waals surface area (Å²) < 4.78 is 39.1. The molecule has 0 amide bonds. The summed E-state index contributed by atoms with van der Waals surface area (Å²) in [6, 6.07) is 8.83. The van der Waals surface area contributed by atoms with Gasteiger partial charge in [-0.2, -0.15) is 23.5 Å². The van der Waals surface area contributed by atoms with Crippen LogP contribution in [0.4, 0.5) is 19.0 Å². The molecule has 2 N–H and O–H groups in total. The van der Waals surface area contributed by atoms with Crippen LogP contribution < -0.4 is 16.7 Å². The third kappa shape index (κ3) is 4.81. The van der Waals surface area contributed by atoms with Crippen LogP contribution in [-0.4, -0.2) is 20.2 Å². The van der Waals surface area contributed by atoms with E-state index in [1.54, 1.807) is 37.3 Å². The minimum Gasteiger partial charge on any atom is -0.273 e. The van der Waals surface area contributed by atoms with Crippen LogP contribution in [-0.2, 0) is 6.18 Å². The molecule has 0 fully saturated rings. The molecule has 0 aliphatic carbocycles. The quantitative estimate of drug-likeness (QED) is 0.469. The summed E-state index contributed by atoms with van der Waals surface area (Å²) in [5.74, 6) is -0.0468. The Hall–Kier alpha value is -3.91.